The van der Waals surface area contributed by atoms with Crippen molar-refractivity contribution in [2.24, 2.45) is 5.92 Å². The van der Waals surface area contributed by atoms with Crippen molar-refractivity contribution in [3.8, 4) is 22.9 Å². The lowest BCUT2D eigenvalue weighted by atomic mass is 10.00. The summed E-state index contributed by atoms with van der Waals surface area (Å²) in [5.74, 6) is -1.13. The van der Waals surface area contributed by atoms with Crippen molar-refractivity contribution in [3.05, 3.63) is 66.1 Å². The minimum atomic E-state index is -1.46. The molecular weight excluding hydrogens is 422 g/mol. The van der Waals surface area contributed by atoms with Crippen LogP contribution in [0.2, 0.25) is 0 Å². The van der Waals surface area contributed by atoms with Crippen LogP contribution in [0.4, 0.5) is 14.6 Å². The fourth-order valence-corrected chi connectivity index (χ4v) is 3.56. The van der Waals surface area contributed by atoms with Gasteiger partial charge in [0.25, 0.3) is 0 Å². The minimum absolute atomic E-state index is 0.0542. The van der Waals surface area contributed by atoms with Gasteiger partial charge in [0.05, 0.1) is 18.4 Å². The second-order valence-electron chi connectivity index (χ2n) is 7.49. The largest absolute Gasteiger partial charge is 0.368 e. The Morgan fingerprint density at radius 2 is 1.91 bits per heavy atom. The van der Waals surface area contributed by atoms with Crippen molar-refractivity contribution in [1.29, 1.82) is 0 Å². The number of hydrogen-bond donors (Lipinski definition) is 2. The van der Waals surface area contributed by atoms with E-state index in [0.29, 0.717) is 22.6 Å². The molecule has 0 saturated carbocycles. The zero-order valence-corrected chi connectivity index (χ0v) is 16.6. The fraction of sp³-hybridized carbons (Fsp3) is 0.238. The van der Waals surface area contributed by atoms with Crippen LogP contribution in [0.15, 0.2) is 53.4 Å². The molecule has 32 heavy (non-hydrogen) atoms. The van der Waals surface area contributed by atoms with Crippen molar-refractivity contribution < 1.29 is 23.5 Å². The summed E-state index contributed by atoms with van der Waals surface area (Å²) in [7, 11) is 0. The molecule has 0 amide bonds. The molecule has 5 rings (SSSR count). The summed E-state index contributed by atoms with van der Waals surface area (Å²) < 4.78 is 35.1. The number of aliphatic hydroxyl groups excluding tert-OH is 1. The highest BCUT2D eigenvalue weighted by Gasteiger charge is 2.34. The zero-order valence-electron chi connectivity index (χ0n) is 16.6. The van der Waals surface area contributed by atoms with Crippen molar-refractivity contribution in [2.75, 3.05) is 18.0 Å². The Hall–Kier alpha value is -3.70. The van der Waals surface area contributed by atoms with Crippen LogP contribution in [0.1, 0.15) is 5.56 Å². The lowest BCUT2D eigenvalue weighted by Crippen LogP contribution is -2.52. The molecule has 0 unspecified atom stereocenters. The molecule has 0 spiro atoms. The third-order valence-electron chi connectivity index (χ3n) is 5.34. The van der Waals surface area contributed by atoms with Crippen LogP contribution in [0.5, 0.6) is 0 Å². The van der Waals surface area contributed by atoms with Gasteiger partial charge in [-0.3, -0.25) is 4.68 Å². The topological polar surface area (TPSA) is 113 Å². The maximum Gasteiger partial charge on any atom is 0.183 e. The molecule has 0 bridgehead atoms. The summed E-state index contributed by atoms with van der Waals surface area (Å²) in [4.78, 5) is 9.96. The first-order valence-corrected chi connectivity index (χ1v) is 9.85. The summed E-state index contributed by atoms with van der Waals surface area (Å²) in [6, 6.07) is 9.69. The summed E-state index contributed by atoms with van der Waals surface area (Å²) >= 11 is 0. The number of halogens is 2. The highest BCUT2D eigenvalue weighted by atomic mass is 19.1. The highest BCUT2D eigenvalue weighted by Crippen LogP contribution is 2.30. The molecule has 0 aliphatic carbocycles. The number of aromatic nitrogens is 5. The molecule has 11 heteroatoms. The molecule has 4 heterocycles. The van der Waals surface area contributed by atoms with Crippen LogP contribution in [0.3, 0.4) is 0 Å². The van der Waals surface area contributed by atoms with E-state index in [4.69, 9.17) is 4.52 Å². The number of aliphatic hydroxyl groups is 2. The van der Waals surface area contributed by atoms with E-state index >= 15 is 0 Å². The minimum Gasteiger partial charge on any atom is -0.368 e. The molecule has 9 nitrogen and oxygen atoms in total. The van der Waals surface area contributed by atoms with Crippen LogP contribution in [-0.4, -0.2) is 54.5 Å². The first-order valence-electron chi connectivity index (χ1n) is 9.85. The molecule has 0 atom stereocenters. The lowest BCUT2D eigenvalue weighted by molar-refractivity contribution is -0.0908. The van der Waals surface area contributed by atoms with Gasteiger partial charge in [-0.2, -0.15) is 5.10 Å². The maximum atomic E-state index is 14.3. The second-order valence-corrected chi connectivity index (χ2v) is 7.49. The lowest BCUT2D eigenvalue weighted by Gasteiger charge is -2.40. The Labute approximate surface area is 180 Å². The number of rotatable bonds is 6. The molecular formula is C21H18F2N6O3. The fourth-order valence-electron chi connectivity index (χ4n) is 3.56. The third kappa shape index (κ3) is 3.72. The van der Waals surface area contributed by atoms with Gasteiger partial charge in [0.15, 0.2) is 23.7 Å². The summed E-state index contributed by atoms with van der Waals surface area (Å²) in [6.45, 7) is 0.652. The Morgan fingerprint density at radius 3 is 2.62 bits per heavy atom. The molecule has 1 aliphatic heterocycles. The molecule has 4 aromatic rings. The number of nitrogens with zero attached hydrogens (tertiary/aromatic N) is 6. The SMILES string of the molecule is OC(O)C1CN(c2nc(-c3cc(-c4ccon4)n(Cc4ccccc4F)n3)ncc2F)C1. The van der Waals surface area contributed by atoms with Gasteiger partial charge in [0, 0.05) is 30.6 Å². The Kier molecular flexibility index (Phi) is 5.11. The second kappa shape index (κ2) is 8.09. The number of hydrogen-bond acceptors (Lipinski definition) is 8. The van der Waals surface area contributed by atoms with E-state index in [9.17, 15) is 19.0 Å². The van der Waals surface area contributed by atoms with E-state index in [-0.39, 0.29) is 43.0 Å². The van der Waals surface area contributed by atoms with E-state index in [1.54, 1.807) is 39.9 Å². The highest BCUT2D eigenvalue weighted by molar-refractivity contribution is 5.63. The Morgan fingerprint density at radius 1 is 1.09 bits per heavy atom. The van der Waals surface area contributed by atoms with Crippen LogP contribution < -0.4 is 4.90 Å². The molecule has 1 aromatic carbocycles. The van der Waals surface area contributed by atoms with Crippen molar-refractivity contribution in [2.45, 2.75) is 12.8 Å². The van der Waals surface area contributed by atoms with Gasteiger partial charge in [0.2, 0.25) is 0 Å². The molecule has 0 radical (unpaired) electrons. The van der Waals surface area contributed by atoms with E-state index < -0.39 is 12.1 Å². The van der Waals surface area contributed by atoms with E-state index in [1.807, 2.05) is 0 Å². The van der Waals surface area contributed by atoms with E-state index in [2.05, 4.69) is 20.2 Å². The Balaban J connectivity index is 1.50. The predicted molar refractivity (Wildman–Crippen MR) is 108 cm³/mol. The standard InChI is InChI=1S/C21H18F2N6O3/c22-14-4-2-1-3-12(14)11-29-18(16-5-6-32-27-16)7-17(26-29)19-24-8-15(23)20(25-19)28-9-13(10-28)21(30)31/h1-8,13,21,30-31H,9-11H2. The maximum absolute atomic E-state index is 14.3. The molecule has 1 aliphatic rings. The van der Waals surface area contributed by atoms with Gasteiger partial charge in [-0.1, -0.05) is 23.4 Å². The summed E-state index contributed by atoms with van der Waals surface area (Å²) in [5, 5.41) is 27.0. The van der Waals surface area contributed by atoms with Gasteiger partial charge in [-0.15, -0.1) is 0 Å². The van der Waals surface area contributed by atoms with Gasteiger partial charge in [0.1, 0.15) is 23.5 Å². The van der Waals surface area contributed by atoms with Crippen molar-refractivity contribution in [3.63, 3.8) is 0 Å². The smallest absolute Gasteiger partial charge is 0.183 e. The summed E-state index contributed by atoms with van der Waals surface area (Å²) in [6.07, 6.45) is 0.999. The van der Waals surface area contributed by atoms with Gasteiger partial charge in [-0.05, 0) is 12.1 Å². The first-order chi connectivity index (χ1) is 15.5. The number of anilines is 1. The first kappa shape index (κ1) is 20.2. The van der Waals surface area contributed by atoms with Crippen LogP contribution in [-0.2, 0) is 6.54 Å². The predicted octanol–water partition coefficient (Wildman–Crippen LogP) is 2.07. The Bertz CT molecular complexity index is 1240. The third-order valence-corrected chi connectivity index (χ3v) is 5.34. The quantitative estimate of drug-likeness (QED) is 0.438. The number of benzene rings is 1. The molecule has 1 fully saturated rings. The van der Waals surface area contributed by atoms with E-state index in [0.717, 1.165) is 6.20 Å². The van der Waals surface area contributed by atoms with Gasteiger partial charge < -0.3 is 19.6 Å². The van der Waals surface area contributed by atoms with Crippen LogP contribution >= 0.6 is 0 Å². The van der Waals surface area contributed by atoms with Crippen LogP contribution in [0.25, 0.3) is 22.9 Å². The van der Waals surface area contributed by atoms with Crippen LogP contribution in [0, 0.1) is 17.6 Å². The monoisotopic (exact) mass is 440 g/mol. The van der Waals surface area contributed by atoms with Gasteiger partial charge >= 0.3 is 0 Å². The van der Waals surface area contributed by atoms with E-state index in [1.165, 1.54) is 12.3 Å². The molecule has 1 saturated heterocycles. The normalized spacial score (nSPS) is 14.2. The van der Waals surface area contributed by atoms with Crippen molar-refractivity contribution >= 4 is 5.82 Å². The summed E-state index contributed by atoms with van der Waals surface area (Å²) in [5.41, 5.74) is 1.82. The average molecular weight is 440 g/mol. The van der Waals surface area contributed by atoms with Crippen molar-refractivity contribution in [1.82, 2.24) is 24.9 Å². The zero-order chi connectivity index (χ0) is 22.2. The van der Waals surface area contributed by atoms with Gasteiger partial charge in [-0.25, -0.2) is 18.7 Å². The molecule has 164 valence electrons. The molecule has 3 aromatic heterocycles. The molecule has 2 N–H and O–H groups in total. The average Bonchev–Trinajstić information content (AvgIpc) is 3.39.